The highest BCUT2D eigenvalue weighted by atomic mass is 19.1. The van der Waals surface area contributed by atoms with Gasteiger partial charge in [-0.15, -0.1) is 0 Å². The van der Waals surface area contributed by atoms with Crippen molar-refractivity contribution in [3.05, 3.63) is 54.1 Å². The molecule has 1 aromatic carbocycles. The lowest BCUT2D eigenvalue weighted by atomic mass is 10.1. The van der Waals surface area contributed by atoms with Gasteiger partial charge in [-0.3, -0.25) is 4.68 Å². The number of nitrogens with one attached hydrogen (secondary N) is 2. The lowest BCUT2D eigenvalue weighted by molar-refractivity contribution is 0.168. The quantitative estimate of drug-likeness (QED) is 0.755. The third kappa shape index (κ3) is 4.56. The van der Waals surface area contributed by atoms with Gasteiger partial charge in [-0.1, -0.05) is 18.2 Å². The highest BCUT2D eigenvalue weighted by molar-refractivity contribution is 5.74. The van der Waals surface area contributed by atoms with Crippen LogP contribution in [0.25, 0.3) is 0 Å². The Hall–Kier alpha value is -2.41. The molecule has 3 N–H and O–H groups in total. The summed E-state index contributed by atoms with van der Waals surface area (Å²) in [6, 6.07) is 7.18. The molecule has 0 fully saturated rings. The van der Waals surface area contributed by atoms with Gasteiger partial charge in [0.1, 0.15) is 5.82 Å². The highest BCUT2D eigenvalue weighted by Gasteiger charge is 2.14. The largest absolute Gasteiger partial charge is 0.386 e. The van der Waals surface area contributed by atoms with Crippen LogP contribution in [0.2, 0.25) is 0 Å². The molecule has 0 unspecified atom stereocenters. The predicted molar refractivity (Wildman–Crippen MR) is 79.6 cm³/mol. The van der Waals surface area contributed by atoms with Crippen LogP contribution >= 0.6 is 0 Å². The van der Waals surface area contributed by atoms with E-state index < -0.39 is 18.0 Å². The molecule has 22 heavy (non-hydrogen) atoms. The second-order valence-corrected chi connectivity index (χ2v) is 5.02. The smallest absolute Gasteiger partial charge is 0.315 e. The Kier molecular flexibility index (Phi) is 5.48. The number of nitrogens with zero attached hydrogens (tertiary/aromatic N) is 2. The van der Waals surface area contributed by atoms with Crippen molar-refractivity contribution in [2.45, 2.75) is 25.6 Å². The summed E-state index contributed by atoms with van der Waals surface area (Å²) in [5.41, 5.74) is 0.160. The van der Waals surface area contributed by atoms with Crippen molar-refractivity contribution >= 4 is 6.03 Å². The van der Waals surface area contributed by atoms with Gasteiger partial charge in [0.15, 0.2) is 0 Å². The van der Waals surface area contributed by atoms with Crippen molar-refractivity contribution in [3.8, 4) is 0 Å². The Morgan fingerprint density at radius 1 is 1.41 bits per heavy atom. The standard InChI is InChI=1S/C15H19FN4O2/c1-11(10-20-8-4-7-18-20)19-15(22)17-9-14(21)12-5-2-3-6-13(12)16/h2-8,11,14,21H,9-10H2,1H3,(H2,17,19,22)/t11-,14+/m0/s1. The van der Waals surface area contributed by atoms with Crippen LogP contribution in [-0.4, -0.2) is 33.5 Å². The lowest BCUT2D eigenvalue weighted by Gasteiger charge is -2.17. The zero-order chi connectivity index (χ0) is 15.9. The monoisotopic (exact) mass is 306 g/mol. The Morgan fingerprint density at radius 3 is 2.86 bits per heavy atom. The number of amides is 2. The molecule has 0 bridgehead atoms. The predicted octanol–water partition coefficient (Wildman–Crippen LogP) is 1.44. The number of halogens is 1. The molecule has 1 aromatic heterocycles. The summed E-state index contributed by atoms with van der Waals surface area (Å²) < 4.78 is 15.2. The van der Waals surface area contributed by atoms with E-state index in [4.69, 9.17) is 0 Å². The Labute approximate surface area is 128 Å². The fraction of sp³-hybridized carbons (Fsp3) is 0.333. The molecule has 6 nitrogen and oxygen atoms in total. The molecule has 0 saturated carbocycles. The van der Waals surface area contributed by atoms with E-state index in [1.807, 2.05) is 6.92 Å². The maximum Gasteiger partial charge on any atom is 0.315 e. The van der Waals surface area contributed by atoms with Crippen LogP contribution in [-0.2, 0) is 6.54 Å². The fourth-order valence-electron chi connectivity index (χ4n) is 2.05. The van der Waals surface area contributed by atoms with Crippen molar-refractivity contribution < 1.29 is 14.3 Å². The summed E-state index contributed by atoms with van der Waals surface area (Å²) in [6.45, 7) is 2.31. The molecule has 1 heterocycles. The molecule has 0 spiro atoms. The minimum atomic E-state index is -1.09. The minimum Gasteiger partial charge on any atom is -0.386 e. The van der Waals surface area contributed by atoms with E-state index in [0.29, 0.717) is 6.54 Å². The van der Waals surface area contributed by atoms with Gasteiger partial charge in [-0.05, 0) is 19.1 Å². The average Bonchev–Trinajstić information content (AvgIpc) is 2.98. The van der Waals surface area contributed by atoms with Crippen molar-refractivity contribution in [3.63, 3.8) is 0 Å². The Bertz CT molecular complexity index is 603. The van der Waals surface area contributed by atoms with Crippen LogP contribution in [0.1, 0.15) is 18.6 Å². The summed E-state index contributed by atoms with van der Waals surface area (Å²) in [6.07, 6.45) is 2.38. The third-order valence-corrected chi connectivity index (χ3v) is 3.12. The van der Waals surface area contributed by atoms with Crippen LogP contribution in [0.3, 0.4) is 0 Å². The molecule has 2 aromatic rings. The molecule has 0 aliphatic heterocycles. The number of benzene rings is 1. The van der Waals surface area contributed by atoms with Crippen molar-refractivity contribution in [2.24, 2.45) is 0 Å². The van der Waals surface area contributed by atoms with E-state index in [2.05, 4.69) is 15.7 Å². The third-order valence-electron chi connectivity index (χ3n) is 3.12. The lowest BCUT2D eigenvalue weighted by Crippen LogP contribution is -2.43. The molecule has 7 heteroatoms. The maximum absolute atomic E-state index is 13.5. The average molecular weight is 306 g/mol. The molecule has 2 amide bonds. The molecular weight excluding hydrogens is 287 g/mol. The van der Waals surface area contributed by atoms with E-state index in [1.54, 1.807) is 35.3 Å². The second-order valence-electron chi connectivity index (χ2n) is 5.02. The number of carbonyl (C=O) groups is 1. The van der Waals surface area contributed by atoms with E-state index in [9.17, 15) is 14.3 Å². The Morgan fingerprint density at radius 2 is 2.18 bits per heavy atom. The number of hydrogen-bond donors (Lipinski definition) is 3. The number of rotatable bonds is 6. The number of aliphatic hydroxyl groups excluding tert-OH is 1. The second kappa shape index (κ2) is 7.56. The van der Waals surface area contributed by atoms with Crippen LogP contribution in [0.5, 0.6) is 0 Å². The summed E-state index contributed by atoms with van der Waals surface area (Å²) in [4.78, 5) is 11.7. The van der Waals surface area contributed by atoms with Crippen molar-refractivity contribution in [1.29, 1.82) is 0 Å². The summed E-state index contributed by atoms with van der Waals surface area (Å²) in [7, 11) is 0. The first-order valence-electron chi connectivity index (χ1n) is 7.00. The maximum atomic E-state index is 13.5. The SMILES string of the molecule is C[C@@H](Cn1cccn1)NC(=O)NC[C@@H](O)c1ccccc1F. The number of aliphatic hydroxyl groups is 1. The summed E-state index contributed by atoms with van der Waals surface area (Å²) >= 11 is 0. The summed E-state index contributed by atoms with van der Waals surface area (Å²) in [5, 5.41) is 19.2. The van der Waals surface area contributed by atoms with Gasteiger partial charge < -0.3 is 15.7 Å². The topological polar surface area (TPSA) is 79.2 Å². The van der Waals surface area contributed by atoms with Crippen LogP contribution < -0.4 is 10.6 Å². The van der Waals surface area contributed by atoms with E-state index >= 15 is 0 Å². The van der Waals surface area contributed by atoms with Gasteiger partial charge in [0, 0.05) is 30.5 Å². The van der Waals surface area contributed by atoms with Gasteiger partial charge in [0.05, 0.1) is 12.6 Å². The van der Waals surface area contributed by atoms with Crippen LogP contribution in [0.4, 0.5) is 9.18 Å². The van der Waals surface area contributed by atoms with E-state index in [-0.39, 0.29) is 18.2 Å². The van der Waals surface area contributed by atoms with Crippen molar-refractivity contribution in [1.82, 2.24) is 20.4 Å². The van der Waals surface area contributed by atoms with Crippen LogP contribution in [0.15, 0.2) is 42.7 Å². The molecule has 0 aliphatic rings. The number of carbonyl (C=O) groups excluding carboxylic acids is 1. The zero-order valence-electron chi connectivity index (χ0n) is 12.2. The first-order chi connectivity index (χ1) is 10.6. The first kappa shape index (κ1) is 16.0. The molecular formula is C15H19FN4O2. The minimum absolute atomic E-state index is 0.0682. The zero-order valence-corrected chi connectivity index (χ0v) is 12.2. The number of hydrogen-bond acceptors (Lipinski definition) is 3. The molecule has 0 aliphatic carbocycles. The van der Waals surface area contributed by atoms with Gasteiger partial charge in [-0.2, -0.15) is 5.10 Å². The summed E-state index contributed by atoms with van der Waals surface area (Å²) in [5.74, 6) is -0.496. The van der Waals surface area contributed by atoms with E-state index in [0.717, 1.165) is 0 Å². The molecule has 0 saturated heterocycles. The van der Waals surface area contributed by atoms with Crippen molar-refractivity contribution in [2.75, 3.05) is 6.54 Å². The van der Waals surface area contributed by atoms with E-state index in [1.165, 1.54) is 12.1 Å². The first-order valence-corrected chi connectivity index (χ1v) is 7.00. The Balaban J connectivity index is 1.76. The number of urea groups is 1. The van der Waals surface area contributed by atoms with Gasteiger partial charge in [-0.25, -0.2) is 9.18 Å². The normalized spacial score (nSPS) is 13.4. The van der Waals surface area contributed by atoms with Gasteiger partial charge >= 0.3 is 6.03 Å². The fourth-order valence-corrected chi connectivity index (χ4v) is 2.05. The van der Waals surface area contributed by atoms with Gasteiger partial charge in [0.25, 0.3) is 0 Å². The van der Waals surface area contributed by atoms with Crippen LogP contribution in [0, 0.1) is 5.82 Å². The highest BCUT2D eigenvalue weighted by Crippen LogP contribution is 2.15. The molecule has 118 valence electrons. The molecule has 2 atom stereocenters. The number of aromatic nitrogens is 2. The van der Waals surface area contributed by atoms with Gasteiger partial charge in [0.2, 0.25) is 0 Å². The molecule has 2 rings (SSSR count). The molecule has 0 radical (unpaired) electrons.